The fourth-order valence-corrected chi connectivity index (χ4v) is 4.91. The number of pyridine rings is 1. The number of anilines is 2. The molecule has 2 heterocycles. The van der Waals surface area contributed by atoms with E-state index in [9.17, 15) is 22.8 Å². The van der Waals surface area contributed by atoms with Gasteiger partial charge in [0, 0.05) is 17.1 Å². The molecule has 1 aromatic heterocycles. The maximum absolute atomic E-state index is 13.2. The van der Waals surface area contributed by atoms with Gasteiger partial charge in [0.05, 0.1) is 17.5 Å². The van der Waals surface area contributed by atoms with Crippen LogP contribution in [0.1, 0.15) is 23.7 Å². The van der Waals surface area contributed by atoms with E-state index >= 15 is 0 Å². The van der Waals surface area contributed by atoms with E-state index in [1.165, 1.54) is 23.2 Å². The van der Waals surface area contributed by atoms with E-state index in [1.54, 1.807) is 12.1 Å². The SMILES string of the molecule is CCC[S+](C)C1C(=O)c2cccnc2N(c2ccc(OC(F)(F)F)cc2)C1=O. The van der Waals surface area contributed by atoms with E-state index in [1.807, 2.05) is 13.2 Å². The number of hydrogen-bond acceptors (Lipinski definition) is 4. The maximum atomic E-state index is 13.2. The van der Waals surface area contributed by atoms with Crippen LogP contribution in [-0.2, 0) is 15.7 Å². The smallest absolute Gasteiger partial charge is 0.406 e. The zero-order chi connectivity index (χ0) is 20.5. The molecule has 28 heavy (non-hydrogen) atoms. The number of fused-ring (bicyclic) bond motifs is 1. The van der Waals surface area contributed by atoms with Gasteiger partial charge in [-0.2, -0.15) is 0 Å². The predicted molar refractivity (Wildman–Crippen MR) is 101 cm³/mol. The molecule has 1 aliphatic heterocycles. The Hall–Kier alpha value is -2.55. The number of aromatic nitrogens is 1. The van der Waals surface area contributed by atoms with Crippen LogP contribution in [0.5, 0.6) is 5.75 Å². The van der Waals surface area contributed by atoms with Gasteiger partial charge >= 0.3 is 6.36 Å². The van der Waals surface area contributed by atoms with Crippen LogP contribution in [0.2, 0.25) is 0 Å². The van der Waals surface area contributed by atoms with Gasteiger partial charge in [-0.25, -0.2) is 4.98 Å². The minimum atomic E-state index is -4.80. The molecule has 9 heteroatoms. The molecule has 0 saturated heterocycles. The van der Waals surface area contributed by atoms with E-state index in [-0.39, 0.29) is 11.6 Å². The summed E-state index contributed by atoms with van der Waals surface area (Å²) in [6.07, 6.45) is -0.625. The molecule has 0 fully saturated rings. The van der Waals surface area contributed by atoms with Crippen molar-refractivity contribution in [3.63, 3.8) is 0 Å². The van der Waals surface area contributed by atoms with Crippen molar-refractivity contribution in [1.29, 1.82) is 0 Å². The molecule has 3 rings (SSSR count). The zero-order valence-electron chi connectivity index (χ0n) is 15.2. The van der Waals surface area contributed by atoms with Crippen LogP contribution in [0.15, 0.2) is 42.6 Å². The molecule has 0 bridgehead atoms. The largest absolute Gasteiger partial charge is 0.573 e. The van der Waals surface area contributed by atoms with Crippen LogP contribution in [-0.4, -0.2) is 40.3 Å². The van der Waals surface area contributed by atoms with Crippen LogP contribution in [0.4, 0.5) is 24.7 Å². The molecule has 5 nitrogen and oxygen atoms in total. The maximum Gasteiger partial charge on any atom is 0.573 e. The number of rotatable bonds is 5. The molecule has 1 amide bonds. The summed E-state index contributed by atoms with van der Waals surface area (Å²) in [6, 6.07) is 8.18. The second kappa shape index (κ2) is 7.83. The Morgan fingerprint density at radius 2 is 1.86 bits per heavy atom. The summed E-state index contributed by atoms with van der Waals surface area (Å²) in [7, 11) is -0.478. The van der Waals surface area contributed by atoms with Crippen LogP contribution < -0.4 is 9.64 Å². The highest BCUT2D eigenvalue weighted by Crippen LogP contribution is 2.36. The number of halogens is 3. The minimum absolute atomic E-state index is 0.187. The molecule has 1 aliphatic rings. The van der Waals surface area contributed by atoms with Gasteiger partial charge in [-0.05, 0) is 42.8 Å². The Labute approximate surface area is 162 Å². The molecule has 2 atom stereocenters. The van der Waals surface area contributed by atoms with Gasteiger partial charge < -0.3 is 4.74 Å². The molecule has 1 aromatic carbocycles. The van der Waals surface area contributed by atoms with Crippen molar-refractivity contribution >= 4 is 34.1 Å². The summed E-state index contributed by atoms with van der Waals surface area (Å²) in [6.45, 7) is 1.98. The van der Waals surface area contributed by atoms with E-state index < -0.39 is 34.2 Å². The lowest BCUT2D eigenvalue weighted by Crippen LogP contribution is -2.50. The van der Waals surface area contributed by atoms with Crippen LogP contribution >= 0.6 is 0 Å². The van der Waals surface area contributed by atoms with Gasteiger partial charge in [-0.1, -0.05) is 6.92 Å². The van der Waals surface area contributed by atoms with Crippen molar-refractivity contribution in [2.24, 2.45) is 0 Å². The summed E-state index contributed by atoms with van der Waals surface area (Å²) in [4.78, 5) is 31.6. The lowest BCUT2D eigenvalue weighted by molar-refractivity contribution is -0.274. The third-order valence-corrected chi connectivity index (χ3v) is 6.48. The number of nitrogens with zero attached hydrogens (tertiary/aromatic N) is 2. The van der Waals surface area contributed by atoms with E-state index in [2.05, 4.69) is 9.72 Å². The first kappa shape index (κ1) is 20.2. The van der Waals surface area contributed by atoms with Gasteiger partial charge in [-0.3, -0.25) is 14.5 Å². The third-order valence-electron chi connectivity index (χ3n) is 4.20. The number of alkyl halides is 3. The van der Waals surface area contributed by atoms with Crippen LogP contribution in [0.3, 0.4) is 0 Å². The lowest BCUT2D eigenvalue weighted by Gasteiger charge is -2.31. The average Bonchev–Trinajstić information content (AvgIpc) is 2.62. The molecule has 0 radical (unpaired) electrons. The third kappa shape index (κ3) is 3.99. The van der Waals surface area contributed by atoms with Gasteiger partial charge in [-0.15, -0.1) is 13.2 Å². The van der Waals surface area contributed by atoms with Crippen LogP contribution in [0.25, 0.3) is 0 Å². The van der Waals surface area contributed by atoms with Gasteiger partial charge in [0.15, 0.2) is 5.82 Å². The summed E-state index contributed by atoms with van der Waals surface area (Å²) in [5.74, 6) is -0.160. The molecule has 0 aliphatic carbocycles. The Bertz CT molecular complexity index is 887. The first-order valence-corrected chi connectivity index (χ1v) is 10.4. The number of ketones is 1. The Morgan fingerprint density at radius 1 is 1.18 bits per heavy atom. The highest BCUT2D eigenvalue weighted by molar-refractivity contribution is 7.98. The fourth-order valence-electron chi connectivity index (χ4n) is 3.08. The molecule has 2 aromatic rings. The summed E-state index contributed by atoms with van der Waals surface area (Å²) in [5, 5.41) is -0.831. The summed E-state index contributed by atoms with van der Waals surface area (Å²) in [5.41, 5.74) is 0.656. The van der Waals surface area contributed by atoms with Crippen molar-refractivity contribution in [3.05, 3.63) is 48.2 Å². The Kier molecular flexibility index (Phi) is 5.64. The van der Waals surface area contributed by atoms with E-state index in [0.29, 0.717) is 11.3 Å². The predicted octanol–water partition coefficient (Wildman–Crippen LogP) is 3.87. The number of hydrogen-bond donors (Lipinski definition) is 0. The lowest BCUT2D eigenvalue weighted by atomic mass is 10.0. The second-order valence-electron chi connectivity index (χ2n) is 6.23. The molecular weight excluding hydrogens is 393 g/mol. The molecule has 0 N–H and O–H groups in total. The molecule has 0 saturated carbocycles. The van der Waals surface area contributed by atoms with Crippen molar-refractivity contribution in [2.75, 3.05) is 16.9 Å². The first-order valence-electron chi connectivity index (χ1n) is 8.53. The van der Waals surface area contributed by atoms with Gasteiger partial charge in [0.2, 0.25) is 5.78 Å². The average molecular weight is 411 g/mol. The summed E-state index contributed by atoms with van der Waals surface area (Å²) >= 11 is 0. The van der Waals surface area contributed by atoms with Gasteiger partial charge in [0.1, 0.15) is 11.5 Å². The van der Waals surface area contributed by atoms with E-state index in [0.717, 1.165) is 24.3 Å². The number of amides is 1. The van der Waals surface area contributed by atoms with Crippen molar-refractivity contribution in [3.8, 4) is 5.75 Å². The van der Waals surface area contributed by atoms with Gasteiger partial charge in [0.25, 0.3) is 11.2 Å². The van der Waals surface area contributed by atoms with Crippen molar-refractivity contribution in [1.82, 2.24) is 4.98 Å². The molecular formula is C19H18F3N2O3S+. The number of carbonyl (C=O) groups excluding carboxylic acids is 2. The monoisotopic (exact) mass is 411 g/mol. The molecule has 148 valence electrons. The fraction of sp³-hybridized carbons (Fsp3) is 0.316. The number of ether oxygens (including phenoxy) is 1. The highest BCUT2D eigenvalue weighted by atomic mass is 32.2. The quantitative estimate of drug-likeness (QED) is 0.554. The summed E-state index contributed by atoms with van der Waals surface area (Å²) < 4.78 is 41.0. The Morgan fingerprint density at radius 3 is 2.46 bits per heavy atom. The first-order chi connectivity index (χ1) is 13.2. The van der Waals surface area contributed by atoms with Crippen molar-refractivity contribution < 1.29 is 27.5 Å². The molecule has 0 spiro atoms. The van der Waals surface area contributed by atoms with Crippen molar-refractivity contribution in [2.45, 2.75) is 25.0 Å². The number of benzene rings is 1. The standard InChI is InChI=1S/C19H18F3N2O3S/c1-3-11-28(2)16-15(25)14-5-4-10-23-17(14)24(18(16)26)12-6-8-13(9-7-12)27-19(20,21)22/h4-10,16H,3,11H2,1-2H3/q+1. The second-order valence-corrected chi connectivity index (χ2v) is 8.49. The molecule has 2 unspecified atom stereocenters. The highest BCUT2D eigenvalue weighted by Gasteiger charge is 2.49. The van der Waals surface area contributed by atoms with Crippen LogP contribution in [0, 0.1) is 0 Å². The Balaban J connectivity index is 2.02. The normalized spacial score (nSPS) is 18.0. The zero-order valence-corrected chi connectivity index (χ0v) is 16.0. The minimum Gasteiger partial charge on any atom is -0.406 e. The topological polar surface area (TPSA) is 59.5 Å². The number of carbonyl (C=O) groups is 2. The van der Waals surface area contributed by atoms with E-state index in [4.69, 9.17) is 0 Å². The number of Topliss-reactive ketones (excluding diaryl/α,β-unsaturated/α-hetero) is 1.